The minimum Gasteiger partial charge on any atom is -0.398 e. The smallest absolute Gasteiger partial charge is 0.390 e. The highest BCUT2D eigenvalue weighted by molar-refractivity contribution is 5.98. The van der Waals surface area contributed by atoms with Crippen molar-refractivity contribution in [2.75, 3.05) is 19.3 Å². The van der Waals surface area contributed by atoms with Gasteiger partial charge in [-0.25, -0.2) is 4.39 Å². The highest BCUT2D eigenvalue weighted by Gasteiger charge is 2.28. The Balaban J connectivity index is 2.77. The van der Waals surface area contributed by atoms with Crippen molar-refractivity contribution in [3.8, 4) is 0 Å². The summed E-state index contributed by atoms with van der Waals surface area (Å²) in [4.78, 5) is 12.6. The van der Waals surface area contributed by atoms with Crippen molar-refractivity contribution < 1.29 is 22.4 Å². The number of alkyl halides is 3. The molecule has 0 heterocycles. The number of benzene rings is 1. The first kappa shape index (κ1) is 14.3. The molecule has 0 spiro atoms. The van der Waals surface area contributed by atoms with Crippen molar-refractivity contribution in [2.24, 2.45) is 0 Å². The maximum absolute atomic E-state index is 12.9. The first-order chi connectivity index (χ1) is 8.20. The number of amides is 1. The molecular formula is C11H12F4N2O. The number of hydrogen-bond acceptors (Lipinski definition) is 2. The summed E-state index contributed by atoms with van der Waals surface area (Å²) in [6.07, 6.45) is -5.47. The molecule has 18 heavy (non-hydrogen) atoms. The second kappa shape index (κ2) is 5.24. The van der Waals surface area contributed by atoms with Gasteiger partial charge >= 0.3 is 6.18 Å². The van der Waals surface area contributed by atoms with Crippen LogP contribution in [0.2, 0.25) is 0 Å². The third kappa shape index (κ3) is 3.90. The summed E-state index contributed by atoms with van der Waals surface area (Å²) in [6.45, 7) is -0.502. The van der Waals surface area contributed by atoms with Gasteiger partial charge in [-0.15, -0.1) is 0 Å². The van der Waals surface area contributed by atoms with E-state index in [0.29, 0.717) is 0 Å². The normalized spacial score (nSPS) is 11.4. The Morgan fingerprint density at radius 2 is 2.00 bits per heavy atom. The standard InChI is InChI=1S/C11H12F4N2O/c1-17(5-4-11(13,14)15)10(18)8-6-7(12)2-3-9(8)16/h2-3,6H,4-5,16H2,1H3. The predicted octanol–water partition coefficient (Wildman–Crippen LogP) is 2.43. The Morgan fingerprint density at radius 1 is 1.39 bits per heavy atom. The molecule has 1 aromatic carbocycles. The second-order valence-corrected chi connectivity index (χ2v) is 3.82. The number of nitrogens with zero attached hydrogens (tertiary/aromatic N) is 1. The molecule has 0 aliphatic rings. The average molecular weight is 264 g/mol. The van der Waals surface area contributed by atoms with E-state index in [4.69, 9.17) is 5.73 Å². The molecule has 7 heteroatoms. The van der Waals surface area contributed by atoms with Gasteiger partial charge in [0.05, 0.1) is 12.0 Å². The molecule has 2 N–H and O–H groups in total. The topological polar surface area (TPSA) is 46.3 Å². The Morgan fingerprint density at radius 3 is 2.56 bits per heavy atom. The summed E-state index contributed by atoms with van der Waals surface area (Å²) in [5.41, 5.74) is 5.36. The van der Waals surface area contributed by atoms with E-state index in [0.717, 1.165) is 17.0 Å². The number of hydrogen-bond donors (Lipinski definition) is 1. The molecule has 0 unspecified atom stereocenters. The molecular weight excluding hydrogens is 252 g/mol. The van der Waals surface area contributed by atoms with Crippen molar-refractivity contribution in [2.45, 2.75) is 12.6 Å². The number of anilines is 1. The number of rotatable bonds is 3. The molecule has 0 saturated heterocycles. The van der Waals surface area contributed by atoms with Gasteiger partial charge in [-0.1, -0.05) is 0 Å². The molecule has 3 nitrogen and oxygen atoms in total. The summed E-state index contributed by atoms with van der Waals surface area (Å²) in [5, 5.41) is 0. The minimum atomic E-state index is -4.35. The van der Waals surface area contributed by atoms with Gasteiger partial charge in [-0.2, -0.15) is 13.2 Å². The third-order valence-electron chi connectivity index (χ3n) is 2.32. The average Bonchev–Trinajstić information content (AvgIpc) is 2.27. The fraction of sp³-hybridized carbons (Fsp3) is 0.364. The molecule has 1 aromatic rings. The van der Waals surface area contributed by atoms with E-state index in [1.807, 2.05) is 0 Å². The van der Waals surface area contributed by atoms with E-state index in [9.17, 15) is 22.4 Å². The molecule has 0 bridgehead atoms. The Bertz CT molecular complexity index is 445. The van der Waals surface area contributed by atoms with E-state index in [1.54, 1.807) is 0 Å². The zero-order valence-electron chi connectivity index (χ0n) is 9.59. The lowest BCUT2D eigenvalue weighted by atomic mass is 10.1. The molecule has 0 aliphatic heterocycles. The number of nitrogen functional groups attached to an aromatic ring is 1. The first-order valence-electron chi connectivity index (χ1n) is 5.08. The molecule has 1 rings (SSSR count). The van der Waals surface area contributed by atoms with Gasteiger partial charge in [0.15, 0.2) is 0 Å². The van der Waals surface area contributed by atoms with Crippen LogP contribution in [-0.4, -0.2) is 30.6 Å². The van der Waals surface area contributed by atoms with E-state index >= 15 is 0 Å². The fourth-order valence-corrected chi connectivity index (χ4v) is 1.32. The van der Waals surface area contributed by atoms with Gasteiger partial charge in [0.1, 0.15) is 5.82 Å². The maximum atomic E-state index is 12.9. The van der Waals surface area contributed by atoms with Crippen LogP contribution in [0.1, 0.15) is 16.8 Å². The summed E-state index contributed by atoms with van der Waals surface area (Å²) in [7, 11) is 1.21. The van der Waals surface area contributed by atoms with Crippen LogP contribution in [-0.2, 0) is 0 Å². The van der Waals surface area contributed by atoms with Crippen molar-refractivity contribution in [3.63, 3.8) is 0 Å². The van der Waals surface area contributed by atoms with Gasteiger partial charge in [0.2, 0.25) is 0 Å². The van der Waals surface area contributed by atoms with Crippen LogP contribution < -0.4 is 5.73 Å². The molecule has 0 saturated carbocycles. The zero-order chi connectivity index (χ0) is 13.9. The Kier molecular flexibility index (Phi) is 4.15. The van der Waals surface area contributed by atoms with Crippen LogP contribution in [0.25, 0.3) is 0 Å². The van der Waals surface area contributed by atoms with Gasteiger partial charge in [-0.05, 0) is 18.2 Å². The first-order valence-corrected chi connectivity index (χ1v) is 5.08. The van der Waals surface area contributed by atoms with E-state index in [1.165, 1.54) is 13.1 Å². The predicted molar refractivity (Wildman–Crippen MR) is 58.4 cm³/mol. The zero-order valence-corrected chi connectivity index (χ0v) is 9.59. The van der Waals surface area contributed by atoms with Crippen molar-refractivity contribution in [3.05, 3.63) is 29.6 Å². The summed E-state index contributed by atoms with van der Waals surface area (Å²) < 4.78 is 48.9. The number of carbonyl (C=O) groups is 1. The Hall–Kier alpha value is -1.79. The number of nitrogens with two attached hydrogens (primary N) is 1. The van der Waals surface area contributed by atoms with Gasteiger partial charge in [0.25, 0.3) is 5.91 Å². The van der Waals surface area contributed by atoms with Crippen molar-refractivity contribution in [1.29, 1.82) is 0 Å². The van der Waals surface area contributed by atoms with Crippen LogP contribution in [0.5, 0.6) is 0 Å². The molecule has 1 amide bonds. The van der Waals surface area contributed by atoms with Crippen LogP contribution in [0.15, 0.2) is 18.2 Å². The lowest BCUT2D eigenvalue weighted by molar-refractivity contribution is -0.136. The third-order valence-corrected chi connectivity index (χ3v) is 2.32. The molecule has 0 aromatic heterocycles. The van der Waals surface area contributed by atoms with Gasteiger partial charge in [-0.3, -0.25) is 4.79 Å². The number of carbonyl (C=O) groups excluding carboxylic acids is 1. The second-order valence-electron chi connectivity index (χ2n) is 3.82. The van der Waals surface area contributed by atoms with Crippen LogP contribution >= 0.6 is 0 Å². The molecule has 0 radical (unpaired) electrons. The summed E-state index contributed by atoms with van der Waals surface area (Å²) >= 11 is 0. The fourth-order valence-electron chi connectivity index (χ4n) is 1.32. The summed E-state index contributed by atoms with van der Waals surface area (Å²) in [5.74, 6) is -1.41. The highest BCUT2D eigenvalue weighted by atomic mass is 19.4. The molecule has 100 valence electrons. The number of halogens is 4. The van der Waals surface area contributed by atoms with Gasteiger partial charge < -0.3 is 10.6 Å². The van der Waals surface area contributed by atoms with Crippen LogP contribution in [0, 0.1) is 5.82 Å². The largest absolute Gasteiger partial charge is 0.398 e. The van der Waals surface area contributed by atoms with E-state index in [-0.39, 0.29) is 11.3 Å². The van der Waals surface area contributed by atoms with Crippen LogP contribution in [0.4, 0.5) is 23.2 Å². The maximum Gasteiger partial charge on any atom is 0.390 e. The Labute approximate surface area is 101 Å². The lowest BCUT2D eigenvalue weighted by Crippen LogP contribution is -2.31. The van der Waals surface area contributed by atoms with E-state index < -0.39 is 30.9 Å². The highest BCUT2D eigenvalue weighted by Crippen LogP contribution is 2.21. The molecule has 0 atom stereocenters. The molecule has 0 aliphatic carbocycles. The van der Waals surface area contributed by atoms with Crippen molar-refractivity contribution in [1.82, 2.24) is 4.90 Å². The summed E-state index contributed by atoms with van der Waals surface area (Å²) in [6, 6.07) is 3.17. The monoisotopic (exact) mass is 264 g/mol. The minimum absolute atomic E-state index is 0.0280. The van der Waals surface area contributed by atoms with E-state index in [2.05, 4.69) is 0 Å². The van der Waals surface area contributed by atoms with Crippen molar-refractivity contribution >= 4 is 11.6 Å². The quantitative estimate of drug-likeness (QED) is 0.673. The van der Waals surface area contributed by atoms with Crippen LogP contribution in [0.3, 0.4) is 0 Å². The molecule has 0 fully saturated rings. The van der Waals surface area contributed by atoms with Gasteiger partial charge in [0, 0.05) is 19.3 Å². The lowest BCUT2D eigenvalue weighted by Gasteiger charge is -2.19. The SMILES string of the molecule is CN(CCC(F)(F)F)C(=O)c1cc(F)ccc1N.